The van der Waals surface area contributed by atoms with E-state index in [0.29, 0.717) is 0 Å². The van der Waals surface area contributed by atoms with Crippen LogP contribution < -0.4 is 0 Å². The number of aromatic nitrogens is 1. The average Bonchev–Trinajstić information content (AvgIpc) is 2.24. The second-order valence-corrected chi connectivity index (χ2v) is 7.06. The van der Waals surface area contributed by atoms with Crippen LogP contribution in [-0.2, 0) is 10.8 Å². The van der Waals surface area contributed by atoms with E-state index in [1.165, 1.54) is 16.5 Å². The molecule has 1 heterocycles. The number of benzene rings is 1. The smallest absolute Gasteiger partial charge is 0.0742 e. The van der Waals surface area contributed by atoms with Crippen molar-refractivity contribution in [2.75, 3.05) is 0 Å². The summed E-state index contributed by atoms with van der Waals surface area (Å²) in [6.07, 6.45) is 1.94. The molecule has 2 aromatic rings. The molecule has 0 fully saturated rings. The minimum atomic E-state index is 0.128. The van der Waals surface area contributed by atoms with Crippen molar-refractivity contribution in [3.63, 3.8) is 0 Å². The maximum atomic E-state index is 4.62. The molecule has 0 aliphatic carbocycles. The molecule has 2 rings (SSSR count). The molecule has 0 aliphatic rings. The Morgan fingerprint density at radius 3 is 1.94 bits per heavy atom. The van der Waals surface area contributed by atoms with E-state index in [1.54, 1.807) is 0 Å². The quantitative estimate of drug-likeness (QED) is 0.643. The largest absolute Gasteiger partial charge is 0.256 e. The van der Waals surface area contributed by atoms with E-state index in [2.05, 4.69) is 70.8 Å². The van der Waals surface area contributed by atoms with Crippen LogP contribution in [0.25, 0.3) is 10.9 Å². The number of hydrogen-bond donors (Lipinski definition) is 0. The van der Waals surface area contributed by atoms with Crippen molar-refractivity contribution in [3.8, 4) is 0 Å². The highest BCUT2D eigenvalue weighted by Crippen LogP contribution is 2.34. The zero-order valence-electron chi connectivity index (χ0n) is 12.3. The average molecular weight is 241 g/mol. The van der Waals surface area contributed by atoms with E-state index < -0.39 is 0 Å². The number of fused-ring (bicyclic) bond motifs is 1. The Morgan fingerprint density at radius 2 is 1.39 bits per heavy atom. The Labute approximate surface area is 110 Å². The normalized spacial score (nSPS) is 13.0. The topological polar surface area (TPSA) is 12.9 Å². The number of pyridine rings is 1. The third-order valence-corrected chi connectivity index (χ3v) is 3.39. The second-order valence-electron chi connectivity index (χ2n) is 7.06. The Kier molecular flexibility index (Phi) is 2.96. The molecule has 18 heavy (non-hydrogen) atoms. The standard InChI is InChI=1S/C17H23N/c1-16(2,3)13-10-11-18-15-12(13)8-7-9-14(15)17(4,5)6/h7-11H,1-6H3. The van der Waals surface area contributed by atoms with Crippen LogP contribution in [0.4, 0.5) is 0 Å². The third kappa shape index (κ3) is 2.27. The number of nitrogens with zero attached hydrogens (tertiary/aromatic N) is 1. The Bertz CT molecular complexity index is 515. The molecule has 0 saturated carbocycles. The van der Waals surface area contributed by atoms with Crippen molar-refractivity contribution in [1.82, 2.24) is 4.98 Å². The van der Waals surface area contributed by atoms with Crippen molar-refractivity contribution < 1.29 is 0 Å². The molecule has 0 aliphatic heterocycles. The summed E-state index contributed by atoms with van der Waals surface area (Å²) >= 11 is 0. The summed E-state index contributed by atoms with van der Waals surface area (Å²) in [6.45, 7) is 13.5. The first-order valence-corrected chi connectivity index (χ1v) is 6.60. The minimum absolute atomic E-state index is 0.128. The molecule has 1 aromatic carbocycles. The lowest BCUT2D eigenvalue weighted by Crippen LogP contribution is -2.15. The van der Waals surface area contributed by atoms with Crippen LogP contribution in [0.2, 0.25) is 0 Å². The highest BCUT2D eigenvalue weighted by Gasteiger charge is 2.21. The molecule has 0 saturated heterocycles. The molecule has 1 aromatic heterocycles. The highest BCUT2D eigenvalue weighted by atomic mass is 14.7. The van der Waals surface area contributed by atoms with Crippen molar-refractivity contribution >= 4 is 10.9 Å². The summed E-state index contributed by atoms with van der Waals surface area (Å²) in [5.74, 6) is 0. The zero-order valence-corrected chi connectivity index (χ0v) is 12.3. The second kappa shape index (κ2) is 4.08. The van der Waals surface area contributed by atoms with Crippen LogP contribution in [0, 0.1) is 0 Å². The first-order valence-electron chi connectivity index (χ1n) is 6.60. The van der Waals surface area contributed by atoms with Gasteiger partial charge in [-0.2, -0.15) is 0 Å². The molecule has 0 atom stereocenters. The van der Waals surface area contributed by atoms with Crippen LogP contribution in [0.3, 0.4) is 0 Å². The van der Waals surface area contributed by atoms with E-state index >= 15 is 0 Å². The van der Waals surface area contributed by atoms with Crippen LogP contribution in [0.15, 0.2) is 30.5 Å². The van der Waals surface area contributed by atoms with E-state index in [9.17, 15) is 0 Å². The summed E-state index contributed by atoms with van der Waals surface area (Å²) in [5.41, 5.74) is 4.13. The molecule has 0 amide bonds. The Balaban J connectivity index is 2.82. The van der Waals surface area contributed by atoms with E-state index in [0.717, 1.165) is 5.52 Å². The van der Waals surface area contributed by atoms with Gasteiger partial charge in [0.25, 0.3) is 0 Å². The van der Waals surface area contributed by atoms with Gasteiger partial charge in [0.2, 0.25) is 0 Å². The van der Waals surface area contributed by atoms with Gasteiger partial charge in [-0.05, 0) is 28.0 Å². The van der Waals surface area contributed by atoms with Gasteiger partial charge in [-0.25, -0.2) is 0 Å². The zero-order chi connectivity index (χ0) is 13.6. The Morgan fingerprint density at radius 1 is 0.778 bits per heavy atom. The summed E-state index contributed by atoms with van der Waals surface area (Å²) in [7, 11) is 0. The van der Waals surface area contributed by atoms with Gasteiger partial charge in [0, 0.05) is 11.6 Å². The lowest BCUT2D eigenvalue weighted by Gasteiger charge is -2.25. The van der Waals surface area contributed by atoms with E-state index in [-0.39, 0.29) is 10.8 Å². The van der Waals surface area contributed by atoms with Crippen molar-refractivity contribution in [2.45, 2.75) is 52.4 Å². The van der Waals surface area contributed by atoms with Crippen molar-refractivity contribution in [3.05, 3.63) is 41.6 Å². The molecular weight excluding hydrogens is 218 g/mol. The fourth-order valence-corrected chi connectivity index (χ4v) is 2.44. The summed E-state index contributed by atoms with van der Waals surface area (Å²) < 4.78 is 0. The van der Waals surface area contributed by atoms with Gasteiger partial charge in [-0.3, -0.25) is 4.98 Å². The van der Waals surface area contributed by atoms with Gasteiger partial charge in [0.15, 0.2) is 0 Å². The van der Waals surface area contributed by atoms with E-state index in [1.807, 2.05) is 6.20 Å². The fraction of sp³-hybridized carbons (Fsp3) is 0.471. The van der Waals surface area contributed by atoms with Gasteiger partial charge >= 0.3 is 0 Å². The molecule has 0 bridgehead atoms. The van der Waals surface area contributed by atoms with Gasteiger partial charge in [0.05, 0.1) is 5.52 Å². The maximum absolute atomic E-state index is 4.62. The van der Waals surface area contributed by atoms with Crippen molar-refractivity contribution in [1.29, 1.82) is 0 Å². The van der Waals surface area contributed by atoms with Gasteiger partial charge in [-0.1, -0.05) is 59.7 Å². The first kappa shape index (κ1) is 13.1. The number of hydrogen-bond acceptors (Lipinski definition) is 1. The van der Waals surface area contributed by atoms with Gasteiger partial charge in [0.1, 0.15) is 0 Å². The fourth-order valence-electron chi connectivity index (χ4n) is 2.44. The van der Waals surface area contributed by atoms with Crippen LogP contribution in [-0.4, -0.2) is 4.98 Å². The van der Waals surface area contributed by atoms with Gasteiger partial charge < -0.3 is 0 Å². The number of rotatable bonds is 0. The summed E-state index contributed by atoms with van der Waals surface area (Å²) in [4.78, 5) is 4.62. The Hall–Kier alpha value is -1.37. The molecular formula is C17H23N. The van der Waals surface area contributed by atoms with Crippen LogP contribution in [0.1, 0.15) is 52.7 Å². The van der Waals surface area contributed by atoms with Crippen LogP contribution >= 0.6 is 0 Å². The van der Waals surface area contributed by atoms with Crippen LogP contribution in [0.5, 0.6) is 0 Å². The molecule has 0 unspecified atom stereocenters. The molecule has 1 nitrogen and oxygen atoms in total. The van der Waals surface area contributed by atoms with E-state index in [4.69, 9.17) is 0 Å². The predicted octanol–water partition coefficient (Wildman–Crippen LogP) is 4.83. The first-order chi connectivity index (χ1) is 8.21. The van der Waals surface area contributed by atoms with Gasteiger partial charge in [-0.15, -0.1) is 0 Å². The van der Waals surface area contributed by atoms with Crippen molar-refractivity contribution in [2.24, 2.45) is 0 Å². The maximum Gasteiger partial charge on any atom is 0.0742 e. The summed E-state index contributed by atoms with van der Waals surface area (Å²) in [5, 5.41) is 1.29. The SMILES string of the molecule is CC(C)(C)c1ccnc2c(C(C)(C)C)cccc12. The molecule has 0 spiro atoms. The number of para-hydroxylation sites is 1. The predicted molar refractivity (Wildman–Crippen MR) is 79.1 cm³/mol. The lowest BCUT2D eigenvalue weighted by atomic mass is 9.81. The third-order valence-electron chi connectivity index (χ3n) is 3.39. The lowest BCUT2D eigenvalue weighted by molar-refractivity contribution is 0.589. The monoisotopic (exact) mass is 241 g/mol. The summed E-state index contributed by atoms with van der Waals surface area (Å²) in [6, 6.07) is 8.69. The highest BCUT2D eigenvalue weighted by molar-refractivity contribution is 5.86. The molecule has 96 valence electrons. The molecule has 1 heteroatoms. The molecule has 0 N–H and O–H groups in total. The molecule has 0 radical (unpaired) electrons. The minimum Gasteiger partial charge on any atom is -0.256 e.